The molecule has 2 heterocycles. The summed E-state index contributed by atoms with van der Waals surface area (Å²) < 4.78 is 10.7. The number of benzene rings is 1. The van der Waals surface area contributed by atoms with Crippen molar-refractivity contribution in [1.29, 1.82) is 0 Å². The van der Waals surface area contributed by atoms with Crippen LogP contribution >= 0.6 is 11.3 Å². The number of ether oxygens (including phenoxy) is 2. The molecule has 1 aromatic carbocycles. The maximum Gasteiger partial charge on any atom is 0.246 e. The zero-order valence-electron chi connectivity index (χ0n) is 15.2. The third kappa shape index (κ3) is 3.28. The molecule has 6 nitrogen and oxygen atoms in total. The van der Waals surface area contributed by atoms with Crippen LogP contribution in [0.4, 0.5) is 10.8 Å². The van der Waals surface area contributed by atoms with Crippen molar-refractivity contribution < 1.29 is 9.47 Å². The Kier molecular flexibility index (Phi) is 5.24. The van der Waals surface area contributed by atoms with Crippen LogP contribution in [0.15, 0.2) is 18.2 Å². The first kappa shape index (κ1) is 18.0. The van der Waals surface area contributed by atoms with E-state index in [2.05, 4.69) is 10.2 Å². The normalized spacial score (nSPS) is 10.6. The first-order valence-corrected chi connectivity index (χ1v) is 9.05. The number of fused-ring (bicyclic) bond motifs is 1. The Labute approximate surface area is 156 Å². The molecule has 134 valence electrons. The number of nitrogens with zero attached hydrogens (tertiary/aromatic N) is 3. The molecular weight excluding hydrogens is 348 g/mol. The summed E-state index contributed by atoms with van der Waals surface area (Å²) in [5.41, 5.74) is 1.97. The highest BCUT2D eigenvalue weighted by Crippen LogP contribution is 2.39. The van der Waals surface area contributed by atoms with Gasteiger partial charge in [0, 0.05) is 18.4 Å². The molecule has 0 saturated carbocycles. The van der Waals surface area contributed by atoms with E-state index in [0.717, 1.165) is 33.7 Å². The number of thiophene rings is 1. The Morgan fingerprint density at radius 3 is 2.62 bits per heavy atom. The molecule has 7 heteroatoms. The summed E-state index contributed by atoms with van der Waals surface area (Å²) in [6.07, 6.45) is 0.568. The van der Waals surface area contributed by atoms with Gasteiger partial charge in [-0.3, -0.25) is 0 Å². The molecule has 3 aromatic rings. The third-order valence-electron chi connectivity index (χ3n) is 4.07. The van der Waals surface area contributed by atoms with E-state index in [1.165, 1.54) is 11.3 Å². The van der Waals surface area contributed by atoms with E-state index >= 15 is 0 Å². The van der Waals surface area contributed by atoms with Gasteiger partial charge in [0.2, 0.25) is 5.00 Å². The first-order chi connectivity index (χ1) is 12.6. The van der Waals surface area contributed by atoms with Crippen LogP contribution in [0.3, 0.4) is 0 Å². The minimum absolute atomic E-state index is 0.568. The second-order valence-electron chi connectivity index (χ2n) is 5.71. The average Bonchev–Trinajstić information content (AvgIpc) is 2.97. The largest absolute Gasteiger partial charge is 0.493 e. The standard InChI is InChI=1S/C19H20N4O2S/c1-6-21-17-16-11(2)18(20-3)26-19(16)23-15(22-17)10-12-7-8-13(24-4)14(9-12)25-5/h7-9H,6,10H2,1-2,4-5H3,(H,21,22,23). The summed E-state index contributed by atoms with van der Waals surface area (Å²) in [6, 6.07) is 5.79. The molecule has 0 aliphatic carbocycles. The first-order valence-electron chi connectivity index (χ1n) is 8.23. The molecule has 26 heavy (non-hydrogen) atoms. The smallest absolute Gasteiger partial charge is 0.246 e. The van der Waals surface area contributed by atoms with Gasteiger partial charge in [-0.05, 0) is 37.1 Å². The minimum Gasteiger partial charge on any atom is -0.493 e. The Morgan fingerprint density at radius 2 is 1.96 bits per heavy atom. The number of nitrogens with one attached hydrogen (secondary N) is 1. The third-order valence-corrected chi connectivity index (χ3v) is 5.15. The average molecular weight is 368 g/mol. The number of methoxy groups -OCH3 is 2. The van der Waals surface area contributed by atoms with Crippen molar-refractivity contribution in [2.45, 2.75) is 20.3 Å². The maximum absolute atomic E-state index is 7.35. The highest BCUT2D eigenvalue weighted by molar-refractivity contribution is 7.22. The van der Waals surface area contributed by atoms with E-state index in [9.17, 15) is 0 Å². The van der Waals surface area contributed by atoms with Crippen LogP contribution in [0, 0.1) is 13.5 Å². The van der Waals surface area contributed by atoms with Crippen molar-refractivity contribution in [2.24, 2.45) is 0 Å². The number of anilines is 1. The van der Waals surface area contributed by atoms with E-state index in [-0.39, 0.29) is 0 Å². The molecule has 0 amide bonds. The second-order valence-corrected chi connectivity index (χ2v) is 6.69. The van der Waals surface area contributed by atoms with Crippen LogP contribution in [-0.2, 0) is 6.42 Å². The van der Waals surface area contributed by atoms with Gasteiger partial charge in [0.05, 0.1) is 20.8 Å². The summed E-state index contributed by atoms with van der Waals surface area (Å²) in [7, 11) is 3.24. The summed E-state index contributed by atoms with van der Waals surface area (Å²) in [6.45, 7) is 12.1. The molecule has 0 atom stereocenters. The zero-order valence-corrected chi connectivity index (χ0v) is 16.0. The number of rotatable bonds is 6. The predicted octanol–water partition coefficient (Wildman–Crippen LogP) is 4.59. The Balaban J connectivity index is 2.04. The molecule has 0 bridgehead atoms. The quantitative estimate of drug-likeness (QED) is 0.645. The fourth-order valence-corrected chi connectivity index (χ4v) is 3.81. The molecule has 0 unspecified atom stereocenters. The van der Waals surface area contributed by atoms with Crippen molar-refractivity contribution in [3.63, 3.8) is 0 Å². The lowest BCUT2D eigenvalue weighted by Gasteiger charge is -2.11. The van der Waals surface area contributed by atoms with E-state index in [1.54, 1.807) is 14.2 Å². The molecule has 1 N–H and O–H groups in total. The van der Waals surface area contributed by atoms with Crippen LogP contribution < -0.4 is 14.8 Å². The molecule has 2 aromatic heterocycles. The van der Waals surface area contributed by atoms with E-state index in [4.69, 9.17) is 26.0 Å². The van der Waals surface area contributed by atoms with Crippen molar-refractivity contribution in [3.05, 3.63) is 46.6 Å². The topological polar surface area (TPSA) is 60.6 Å². The minimum atomic E-state index is 0.568. The van der Waals surface area contributed by atoms with Gasteiger partial charge in [-0.25, -0.2) is 14.8 Å². The Bertz CT molecular complexity index is 991. The molecule has 0 spiro atoms. The van der Waals surface area contributed by atoms with Crippen molar-refractivity contribution in [2.75, 3.05) is 26.1 Å². The highest BCUT2D eigenvalue weighted by Gasteiger charge is 2.16. The molecule has 0 aliphatic heterocycles. The summed E-state index contributed by atoms with van der Waals surface area (Å²) in [4.78, 5) is 13.8. The molecule has 0 fully saturated rings. The molecular formula is C19H20N4O2S. The lowest BCUT2D eigenvalue weighted by molar-refractivity contribution is 0.354. The zero-order chi connectivity index (χ0) is 18.7. The SMILES string of the molecule is [C-]#[N+]c1sc2nc(Cc3ccc(OC)c(OC)c3)nc(NCC)c2c1C. The summed E-state index contributed by atoms with van der Waals surface area (Å²) in [5.74, 6) is 2.87. The van der Waals surface area contributed by atoms with Gasteiger partial charge in [0.25, 0.3) is 0 Å². The van der Waals surface area contributed by atoms with Crippen LogP contribution in [-0.4, -0.2) is 30.7 Å². The van der Waals surface area contributed by atoms with Gasteiger partial charge < -0.3 is 14.8 Å². The van der Waals surface area contributed by atoms with Gasteiger partial charge >= 0.3 is 0 Å². The molecule has 3 rings (SSSR count). The van der Waals surface area contributed by atoms with Gasteiger partial charge in [0.1, 0.15) is 16.5 Å². The molecule has 0 aliphatic rings. The fraction of sp³-hybridized carbons (Fsp3) is 0.316. The lowest BCUT2D eigenvalue weighted by Crippen LogP contribution is -2.05. The lowest BCUT2D eigenvalue weighted by atomic mass is 10.1. The number of hydrogen-bond donors (Lipinski definition) is 1. The Morgan fingerprint density at radius 1 is 1.19 bits per heavy atom. The van der Waals surface area contributed by atoms with Crippen molar-refractivity contribution >= 4 is 32.4 Å². The number of aryl methyl sites for hydroxylation is 1. The van der Waals surface area contributed by atoms with Gasteiger partial charge in [-0.1, -0.05) is 6.07 Å². The second kappa shape index (κ2) is 7.58. The monoisotopic (exact) mass is 368 g/mol. The molecule has 0 radical (unpaired) electrons. The number of aromatic nitrogens is 2. The van der Waals surface area contributed by atoms with Gasteiger partial charge in [-0.15, -0.1) is 11.3 Å². The van der Waals surface area contributed by atoms with E-state index < -0.39 is 0 Å². The predicted molar refractivity (Wildman–Crippen MR) is 105 cm³/mol. The van der Waals surface area contributed by atoms with E-state index in [1.807, 2.05) is 32.0 Å². The van der Waals surface area contributed by atoms with Crippen molar-refractivity contribution in [1.82, 2.24) is 9.97 Å². The van der Waals surface area contributed by atoms with E-state index in [0.29, 0.717) is 28.7 Å². The van der Waals surface area contributed by atoms with Crippen LogP contribution in [0.2, 0.25) is 0 Å². The van der Waals surface area contributed by atoms with Gasteiger partial charge in [0.15, 0.2) is 11.5 Å². The van der Waals surface area contributed by atoms with Crippen LogP contribution in [0.5, 0.6) is 11.5 Å². The molecule has 0 saturated heterocycles. The van der Waals surface area contributed by atoms with Crippen molar-refractivity contribution in [3.8, 4) is 11.5 Å². The fourth-order valence-electron chi connectivity index (χ4n) is 2.83. The summed E-state index contributed by atoms with van der Waals surface area (Å²) >= 11 is 1.41. The van der Waals surface area contributed by atoms with Crippen LogP contribution in [0.1, 0.15) is 23.9 Å². The number of hydrogen-bond acceptors (Lipinski definition) is 6. The van der Waals surface area contributed by atoms with Gasteiger partial charge in [-0.2, -0.15) is 0 Å². The highest BCUT2D eigenvalue weighted by atomic mass is 32.1. The van der Waals surface area contributed by atoms with Crippen LogP contribution in [0.25, 0.3) is 15.1 Å². The summed E-state index contributed by atoms with van der Waals surface area (Å²) in [5, 5.41) is 4.91. The maximum atomic E-state index is 7.35. The Hall–Kier alpha value is -2.85.